The van der Waals surface area contributed by atoms with E-state index in [9.17, 15) is 42.3 Å². The molecule has 49 heavy (non-hydrogen) atoms. The first-order valence-corrected chi connectivity index (χ1v) is 15.5. The summed E-state index contributed by atoms with van der Waals surface area (Å²) >= 11 is 0. The number of aromatic carboxylic acids is 1. The Morgan fingerprint density at radius 2 is 1.41 bits per heavy atom. The summed E-state index contributed by atoms with van der Waals surface area (Å²) in [6.45, 7) is 1.54. The Morgan fingerprint density at radius 3 is 2.02 bits per heavy atom. The van der Waals surface area contributed by atoms with Gasteiger partial charge in [-0.1, -0.05) is 68.3 Å². The van der Waals surface area contributed by atoms with Gasteiger partial charge in [-0.3, -0.25) is 14.4 Å². The van der Waals surface area contributed by atoms with E-state index >= 15 is 0 Å². The van der Waals surface area contributed by atoms with E-state index in [4.69, 9.17) is 9.84 Å². The Morgan fingerprint density at radius 1 is 0.776 bits per heavy atom. The van der Waals surface area contributed by atoms with Crippen molar-refractivity contribution in [1.82, 2.24) is 16.0 Å². The largest absolute Gasteiger partial charge is 0.481 e. The number of nitrogens with one attached hydrogen (secondary N) is 3. The summed E-state index contributed by atoms with van der Waals surface area (Å²) < 4.78 is 44.0. The third kappa shape index (κ3) is 12.6. The molecular weight excluding hydrogens is 647 g/mol. The zero-order valence-electron chi connectivity index (χ0n) is 26.7. The van der Waals surface area contributed by atoms with Gasteiger partial charge in [-0.15, -0.1) is 0 Å². The molecule has 0 saturated carbocycles. The van der Waals surface area contributed by atoms with Gasteiger partial charge >= 0.3 is 18.1 Å². The Kier molecular flexibility index (Phi) is 14.2. The van der Waals surface area contributed by atoms with E-state index in [0.717, 1.165) is 25.0 Å². The topological polar surface area (TPSA) is 171 Å². The summed E-state index contributed by atoms with van der Waals surface area (Å²) in [6, 6.07) is 14.3. The summed E-state index contributed by atoms with van der Waals surface area (Å²) in [7, 11) is 0. The molecule has 262 valence electrons. The predicted molar refractivity (Wildman–Crippen MR) is 172 cm³/mol. The molecule has 0 saturated heterocycles. The lowest BCUT2D eigenvalue weighted by Gasteiger charge is -2.24. The Hall–Kier alpha value is -5.40. The van der Waals surface area contributed by atoms with Crippen molar-refractivity contribution in [3.63, 3.8) is 0 Å². The predicted octanol–water partition coefficient (Wildman–Crippen LogP) is 4.17. The highest BCUT2D eigenvalue weighted by atomic mass is 19.4. The monoisotopic (exact) mass is 685 g/mol. The molecule has 0 fully saturated rings. The van der Waals surface area contributed by atoms with Gasteiger partial charge in [-0.25, -0.2) is 9.59 Å². The molecule has 2 atom stereocenters. The summed E-state index contributed by atoms with van der Waals surface area (Å²) in [5, 5.41) is 26.7. The minimum atomic E-state index is -4.54. The lowest BCUT2D eigenvalue weighted by Crippen LogP contribution is -2.55. The lowest BCUT2D eigenvalue weighted by atomic mass is 10.00. The van der Waals surface area contributed by atoms with E-state index < -0.39 is 60.1 Å². The van der Waals surface area contributed by atoms with Gasteiger partial charge in [0, 0.05) is 19.4 Å². The normalized spacial score (nSPS) is 12.3. The van der Waals surface area contributed by atoms with Crippen molar-refractivity contribution in [2.75, 3.05) is 13.2 Å². The van der Waals surface area contributed by atoms with Crippen molar-refractivity contribution >= 4 is 29.7 Å². The van der Waals surface area contributed by atoms with Gasteiger partial charge < -0.3 is 30.9 Å². The molecule has 5 N–H and O–H groups in total. The molecule has 3 aromatic rings. The van der Waals surface area contributed by atoms with Gasteiger partial charge in [0.15, 0.2) is 6.61 Å². The van der Waals surface area contributed by atoms with E-state index in [0.29, 0.717) is 29.7 Å². The number of ether oxygens (including phenoxy) is 1. The van der Waals surface area contributed by atoms with Gasteiger partial charge in [0.05, 0.1) is 12.0 Å². The zero-order chi connectivity index (χ0) is 36.0. The average molecular weight is 686 g/mol. The first-order chi connectivity index (χ1) is 23.3. The second-order valence-corrected chi connectivity index (χ2v) is 11.3. The number of halogens is 3. The number of carboxylic acid groups (broad SMARTS) is 2. The second kappa shape index (κ2) is 18.2. The summed E-state index contributed by atoms with van der Waals surface area (Å²) in [5.41, 5.74) is 0.0828. The van der Waals surface area contributed by atoms with Crippen molar-refractivity contribution < 1.29 is 52.1 Å². The SMILES string of the molecule is CCCCCNC(=O)[C@H](Cc1ccc(OCC(=O)O)c(C(=O)O)c1)NC(=O)[C@H](Cc1ccccc1)NC(=O)Cc1ccc(C(F)(F)F)cc1. The quantitative estimate of drug-likeness (QED) is 0.124. The van der Waals surface area contributed by atoms with Crippen molar-refractivity contribution in [2.24, 2.45) is 0 Å². The summed E-state index contributed by atoms with van der Waals surface area (Å²) in [5.74, 6) is -4.81. The van der Waals surface area contributed by atoms with Crippen LogP contribution in [-0.2, 0) is 44.6 Å². The standard InChI is InChI=1S/C35H38F3N3O8/c1-2-3-7-16-39-32(45)27(19-24-12-15-29(49-21-31(43)44)26(17-24)34(47)48)41-33(46)28(18-22-8-5-4-6-9-22)40-30(42)20-23-10-13-25(14-11-23)35(36,37)38/h4-6,8-15,17,27-28H,2-3,7,16,18-21H2,1H3,(H,39,45)(H,40,42)(H,41,46)(H,43,44)(H,47,48)/t27-,28-/m0/s1. The molecule has 0 aliphatic carbocycles. The highest BCUT2D eigenvalue weighted by molar-refractivity contribution is 5.93. The number of hydrogen-bond acceptors (Lipinski definition) is 6. The fourth-order valence-corrected chi connectivity index (χ4v) is 4.87. The first kappa shape index (κ1) is 38.1. The van der Waals surface area contributed by atoms with E-state index in [1.165, 1.54) is 30.3 Å². The molecule has 0 heterocycles. The van der Waals surface area contributed by atoms with E-state index in [1.54, 1.807) is 30.3 Å². The van der Waals surface area contributed by atoms with Gasteiger partial charge in [0.25, 0.3) is 0 Å². The van der Waals surface area contributed by atoms with E-state index in [1.807, 2.05) is 6.92 Å². The maximum Gasteiger partial charge on any atom is 0.416 e. The molecule has 0 aliphatic heterocycles. The number of carboxylic acids is 2. The fraction of sp³-hybridized carbons (Fsp3) is 0.343. The zero-order valence-corrected chi connectivity index (χ0v) is 26.7. The fourth-order valence-electron chi connectivity index (χ4n) is 4.87. The molecule has 0 radical (unpaired) electrons. The number of carbonyl (C=O) groups is 5. The number of unbranched alkanes of at least 4 members (excludes halogenated alkanes) is 2. The Labute approximate surface area is 280 Å². The third-order valence-corrected chi connectivity index (χ3v) is 7.36. The molecule has 3 rings (SSSR count). The van der Waals surface area contributed by atoms with E-state index in [-0.39, 0.29) is 30.6 Å². The third-order valence-electron chi connectivity index (χ3n) is 7.36. The first-order valence-electron chi connectivity index (χ1n) is 15.5. The molecule has 0 aliphatic rings. The van der Waals surface area contributed by atoms with Crippen LogP contribution in [0.4, 0.5) is 13.2 Å². The highest BCUT2D eigenvalue weighted by Gasteiger charge is 2.31. The Balaban J connectivity index is 1.85. The number of aliphatic carboxylic acids is 1. The number of rotatable bonds is 18. The number of carbonyl (C=O) groups excluding carboxylic acids is 3. The molecule has 0 spiro atoms. The van der Waals surface area contributed by atoms with Crippen LogP contribution in [0.2, 0.25) is 0 Å². The van der Waals surface area contributed by atoms with Crippen LogP contribution in [0.15, 0.2) is 72.8 Å². The van der Waals surface area contributed by atoms with Crippen LogP contribution in [0.25, 0.3) is 0 Å². The molecule has 0 unspecified atom stereocenters. The minimum Gasteiger partial charge on any atom is -0.481 e. The van der Waals surface area contributed by atoms with Crippen molar-refractivity contribution in [3.05, 3.63) is 101 Å². The maximum atomic E-state index is 13.7. The highest BCUT2D eigenvalue weighted by Crippen LogP contribution is 2.29. The van der Waals surface area contributed by atoms with Crippen LogP contribution >= 0.6 is 0 Å². The van der Waals surface area contributed by atoms with Crippen LogP contribution in [0, 0.1) is 0 Å². The van der Waals surface area contributed by atoms with Crippen LogP contribution in [0.1, 0.15) is 58.8 Å². The maximum absolute atomic E-state index is 13.7. The van der Waals surface area contributed by atoms with Gasteiger partial charge in [-0.05, 0) is 47.4 Å². The molecule has 14 heteroatoms. The average Bonchev–Trinajstić information content (AvgIpc) is 3.05. The lowest BCUT2D eigenvalue weighted by molar-refractivity contribution is -0.139. The molecule has 3 aromatic carbocycles. The molecule has 3 amide bonds. The van der Waals surface area contributed by atoms with Crippen LogP contribution in [0.3, 0.4) is 0 Å². The molecule has 0 bridgehead atoms. The van der Waals surface area contributed by atoms with Crippen molar-refractivity contribution in [1.29, 1.82) is 0 Å². The van der Waals surface area contributed by atoms with Crippen molar-refractivity contribution in [2.45, 2.75) is 63.7 Å². The van der Waals surface area contributed by atoms with Crippen LogP contribution in [-0.4, -0.2) is 65.1 Å². The number of hydrogen-bond donors (Lipinski definition) is 5. The van der Waals surface area contributed by atoms with Crippen LogP contribution in [0.5, 0.6) is 5.75 Å². The summed E-state index contributed by atoms with van der Waals surface area (Å²) in [6.07, 6.45) is -2.56. The molecule has 0 aromatic heterocycles. The Bertz CT molecular complexity index is 1600. The summed E-state index contributed by atoms with van der Waals surface area (Å²) in [4.78, 5) is 63.0. The van der Waals surface area contributed by atoms with E-state index in [2.05, 4.69) is 16.0 Å². The smallest absolute Gasteiger partial charge is 0.416 e. The van der Waals surface area contributed by atoms with Gasteiger partial charge in [0.2, 0.25) is 17.7 Å². The molecular formula is C35H38F3N3O8. The number of benzene rings is 3. The molecule has 11 nitrogen and oxygen atoms in total. The van der Waals surface area contributed by atoms with Gasteiger partial charge in [0.1, 0.15) is 23.4 Å². The van der Waals surface area contributed by atoms with Gasteiger partial charge in [-0.2, -0.15) is 13.2 Å². The van der Waals surface area contributed by atoms with Crippen molar-refractivity contribution in [3.8, 4) is 5.75 Å². The van der Waals surface area contributed by atoms with Crippen LogP contribution < -0.4 is 20.7 Å². The number of alkyl halides is 3. The minimum absolute atomic E-state index is 0.0229. The second-order valence-electron chi connectivity index (χ2n) is 11.3. The number of amides is 3.